The minimum atomic E-state index is -0.528. The lowest BCUT2D eigenvalue weighted by molar-refractivity contribution is -0.143. The molecular formula is C17H19NO3. The molecule has 0 heterocycles. The van der Waals surface area contributed by atoms with E-state index in [1.165, 1.54) is 7.11 Å². The number of phenols is 1. The smallest absolute Gasteiger partial charge is 0.327 e. The normalized spacial score (nSPS) is 13.4. The van der Waals surface area contributed by atoms with Gasteiger partial charge in [0.1, 0.15) is 11.8 Å². The van der Waals surface area contributed by atoms with E-state index in [4.69, 9.17) is 4.74 Å². The summed E-state index contributed by atoms with van der Waals surface area (Å²) in [4.78, 5) is 12.0. The number of phenolic OH excluding ortho intramolecular Hbond substituents is 1. The van der Waals surface area contributed by atoms with Gasteiger partial charge in [0.05, 0.1) is 7.11 Å². The highest BCUT2D eigenvalue weighted by Gasteiger charge is 2.23. The third-order valence-corrected chi connectivity index (χ3v) is 3.38. The average Bonchev–Trinajstić information content (AvgIpc) is 2.53. The van der Waals surface area contributed by atoms with Crippen molar-refractivity contribution in [2.24, 2.45) is 0 Å². The third kappa shape index (κ3) is 3.83. The summed E-state index contributed by atoms with van der Waals surface area (Å²) in [5, 5.41) is 12.6. The first-order valence-electron chi connectivity index (χ1n) is 6.79. The minimum absolute atomic E-state index is 0.0603. The van der Waals surface area contributed by atoms with Crippen LogP contribution in [0.4, 0.5) is 0 Å². The van der Waals surface area contributed by atoms with Crippen molar-refractivity contribution < 1.29 is 14.6 Å². The molecule has 0 saturated heterocycles. The number of carbonyl (C=O) groups is 1. The van der Waals surface area contributed by atoms with E-state index >= 15 is 0 Å². The van der Waals surface area contributed by atoms with Gasteiger partial charge in [-0.1, -0.05) is 42.5 Å². The molecule has 0 aliphatic rings. The molecule has 0 aromatic heterocycles. The zero-order chi connectivity index (χ0) is 15.2. The highest BCUT2D eigenvalue weighted by Crippen LogP contribution is 2.22. The molecule has 0 amide bonds. The molecule has 0 bridgehead atoms. The van der Waals surface area contributed by atoms with Crippen molar-refractivity contribution >= 4 is 5.97 Å². The van der Waals surface area contributed by atoms with Crippen LogP contribution in [0, 0.1) is 0 Å². The summed E-state index contributed by atoms with van der Waals surface area (Å²) in [6.45, 7) is 1.96. The van der Waals surface area contributed by atoms with Gasteiger partial charge in [-0.3, -0.25) is 5.32 Å². The lowest BCUT2D eigenvalue weighted by atomic mass is 10.0. The Bertz CT molecular complexity index is 581. The van der Waals surface area contributed by atoms with E-state index < -0.39 is 6.04 Å². The van der Waals surface area contributed by atoms with Crippen molar-refractivity contribution in [3.05, 3.63) is 65.7 Å². The number of methoxy groups -OCH3 is 1. The van der Waals surface area contributed by atoms with Crippen molar-refractivity contribution in [2.45, 2.75) is 19.0 Å². The number of rotatable bonds is 5. The van der Waals surface area contributed by atoms with Crippen molar-refractivity contribution in [3.63, 3.8) is 0 Å². The maximum Gasteiger partial charge on any atom is 0.327 e. The molecule has 0 radical (unpaired) electrons. The molecule has 110 valence electrons. The van der Waals surface area contributed by atoms with Gasteiger partial charge in [0.15, 0.2) is 0 Å². The summed E-state index contributed by atoms with van der Waals surface area (Å²) < 4.78 is 4.88. The van der Waals surface area contributed by atoms with Gasteiger partial charge < -0.3 is 9.84 Å². The number of hydrogen-bond acceptors (Lipinski definition) is 4. The zero-order valence-corrected chi connectivity index (χ0v) is 12.1. The molecule has 0 saturated carbocycles. The Hall–Kier alpha value is -2.33. The standard InChI is InChI=1S/C17H19NO3/c1-12(13-8-10-15(19)11-9-13)18-16(17(20)21-2)14-6-4-3-5-7-14/h3-12,16,18-19H,1-2H3. The summed E-state index contributed by atoms with van der Waals surface area (Å²) in [5.41, 5.74) is 1.84. The van der Waals surface area contributed by atoms with E-state index in [1.807, 2.05) is 49.4 Å². The van der Waals surface area contributed by atoms with Gasteiger partial charge in [-0.25, -0.2) is 4.79 Å². The van der Waals surface area contributed by atoms with E-state index in [2.05, 4.69) is 5.32 Å². The lowest BCUT2D eigenvalue weighted by Gasteiger charge is -2.22. The fourth-order valence-electron chi connectivity index (χ4n) is 2.17. The van der Waals surface area contributed by atoms with Crippen LogP contribution < -0.4 is 5.32 Å². The average molecular weight is 285 g/mol. The molecule has 4 nitrogen and oxygen atoms in total. The number of benzene rings is 2. The number of carbonyl (C=O) groups excluding carboxylic acids is 1. The molecule has 2 aromatic rings. The van der Waals surface area contributed by atoms with Gasteiger partial charge in [0, 0.05) is 6.04 Å². The Kier molecular flexibility index (Phi) is 4.95. The molecule has 2 rings (SSSR count). The van der Waals surface area contributed by atoms with E-state index in [9.17, 15) is 9.90 Å². The fourth-order valence-corrected chi connectivity index (χ4v) is 2.17. The molecule has 2 N–H and O–H groups in total. The quantitative estimate of drug-likeness (QED) is 0.829. The van der Waals surface area contributed by atoms with Crippen LogP contribution >= 0.6 is 0 Å². The Balaban J connectivity index is 2.19. The van der Waals surface area contributed by atoms with Crippen LogP contribution in [0.1, 0.15) is 30.1 Å². The first-order chi connectivity index (χ1) is 10.1. The van der Waals surface area contributed by atoms with Crippen LogP contribution in [0.2, 0.25) is 0 Å². The number of esters is 1. The van der Waals surface area contributed by atoms with Gasteiger partial charge in [0.25, 0.3) is 0 Å². The number of ether oxygens (including phenoxy) is 1. The Morgan fingerprint density at radius 2 is 1.67 bits per heavy atom. The van der Waals surface area contributed by atoms with Gasteiger partial charge in [-0.15, -0.1) is 0 Å². The first kappa shape index (κ1) is 15.1. The van der Waals surface area contributed by atoms with Gasteiger partial charge in [0.2, 0.25) is 0 Å². The zero-order valence-electron chi connectivity index (χ0n) is 12.1. The summed E-state index contributed by atoms with van der Waals surface area (Å²) in [6.07, 6.45) is 0. The second-order valence-electron chi connectivity index (χ2n) is 4.85. The van der Waals surface area contributed by atoms with Crippen LogP contribution in [-0.4, -0.2) is 18.2 Å². The van der Waals surface area contributed by atoms with E-state index in [-0.39, 0.29) is 17.8 Å². The van der Waals surface area contributed by atoms with E-state index in [1.54, 1.807) is 12.1 Å². The summed E-state index contributed by atoms with van der Waals surface area (Å²) >= 11 is 0. The first-order valence-corrected chi connectivity index (χ1v) is 6.79. The van der Waals surface area contributed by atoms with Crippen molar-refractivity contribution in [1.29, 1.82) is 0 Å². The molecule has 0 fully saturated rings. The van der Waals surface area contributed by atoms with E-state index in [0.717, 1.165) is 11.1 Å². The lowest BCUT2D eigenvalue weighted by Crippen LogP contribution is -2.31. The molecule has 0 aliphatic carbocycles. The minimum Gasteiger partial charge on any atom is -0.508 e. The van der Waals surface area contributed by atoms with Crippen LogP contribution in [0.25, 0.3) is 0 Å². The summed E-state index contributed by atoms with van der Waals surface area (Å²) in [7, 11) is 1.38. The topological polar surface area (TPSA) is 58.6 Å². The Labute approximate surface area is 124 Å². The maximum atomic E-state index is 12.0. The molecule has 2 atom stereocenters. The highest BCUT2D eigenvalue weighted by molar-refractivity contribution is 5.77. The van der Waals surface area contributed by atoms with Crippen molar-refractivity contribution in [2.75, 3.05) is 7.11 Å². The molecule has 0 spiro atoms. The second-order valence-corrected chi connectivity index (χ2v) is 4.85. The van der Waals surface area contributed by atoms with Gasteiger partial charge >= 0.3 is 5.97 Å². The SMILES string of the molecule is COC(=O)C(NC(C)c1ccc(O)cc1)c1ccccc1. The molecule has 0 aliphatic heterocycles. The summed E-state index contributed by atoms with van der Waals surface area (Å²) in [6, 6.07) is 15.8. The molecule has 4 heteroatoms. The second kappa shape index (κ2) is 6.90. The van der Waals surface area contributed by atoms with Crippen molar-refractivity contribution in [1.82, 2.24) is 5.32 Å². The molecule has 21 heavy (non-hydrogen) atoms. The Morgan fingerprint density at radius 1 is 1.05 bits per heavy atom. The third-order valence-electron chi connectivity index (χ3n) is 3.38. The van der Waals surface area contributed by atoms with Gasteiger partial charge in [-0.2, -0.15) is 0 Å². The number of hydrogen-bond donors (Lipinski definition) is 2. The predicted molar refractivity (Wildman–Crippen MR) is 80.9 cm³/mol. The van der Waals surface area contributed by atoms with Crippen LogP contribution in [0.3, 0.4) is 0 Å². The van der Waals surface area contributed by atoms with Crippen LogP contribution in [0.5, 0.6) is 5.75 Å². The van der Waals surface area contributed by atoms with Crippen molar-refractivity contribution in [3.8, 4) is 5.75 Å². The fraction of sp³-hybridized carbons (Fsp3) is 0.235. The molecule has 2 aromatic carbocycles. The predicted octanol–water partition coefficient (Wildman–Crippen LogP) is 2.96. The number of aromatic hydroxyl groups is 1. The maximum absolute atomic E-state index is 12.0. The Morgan fingerprint density at radius 3 is 2.24 bits per heavy atom. The monoisotopic (exact) mass is 285 g/mol. The molecule has 2 unspecified atom stereocenters. The number of nitrogens with one attached hydrogen (secondary N) is 1. The molecular weight excluding hydrogens is 266 g/mol. The van der Waals surface area contributed by atoms with Gasteiger partial charge in [-0.05, 0) is 30.2 Å². The van der Waals surface area contributed by atoms with Crippen LogP contribution in [0.15, 0.2) is 54.6 Å². The highest BCUT2D eigenvalue weighted by atomic mass is 16.5. The largest absolute Gasteiger partial charge is 0.508 e. The van der Waals surface area contributed by atoms with E-state index in [0.29, 0.717) is 0 Å². The van der Waals surface area contributed by atoms with Crippen LogP contribution in [-0.2, 0) is 9.53 Å². The summed E-state index contributed by atoms with van der Waals surface area (Å²) in [5.74, 6) is -0.106.